The summed E-state index contributed by atoms with van der Waals surface area (Å²) in [5.41, 5.74) is 3.62. The Bertz CT molecular complexity index is 833. The van der Waals surface area contributed by atoms with E-state index in [1.54, 1.807) is 17.3 Å². The first-order valence-electron chi connectivity index (χ1n) is 8.41. The van der Waals surface area contributed by atoms with Crippen LogP contribution in [-0.4, -0.2) is 33.1 Å². The van der Waals surface area contributed by atoms with Crippen molar-refractivity contribution in [2.24, 2.45) is 0 Å². The van der Waals surface area contributed by atoms with Crippen LogP contribution < -0.4 is 0 Å². The Morgan fingerprint density at radius 2 is 2.28 bits per heavy atom. The van der Waals surface area contributed by atoms with Crippen molar-refractivity contribution in [2.45, 2.75) is 39.2 Å². The summed E-state index contributed by atoms with van der Waals surface area (Å²) in [7, 11) is 0. The zero-order chi connectivity index (χ0) is 17.8. The quantitative estimate of drug-likeness (QED) is 0.909. The van der Waals surface area contributed by atoms with E-state index in [0.717, 1.165) is 29.7 Å². The van der Waals surface area contributed by atoms with Gasteiger partial charge in [-0.2, -0.15) is 5.26 Å². The molecule has 1 N–H and O–H groups in total. The number of carbonyl (C=O) groups excluding carboxylic acids is 2. The number of nitriles is 1. The van der Waals surface area contributed by atoms with Gasteiger partial charge in [0.25, 0.3) is 5.91 Å². The molecule has 0 saturated heterocycles. The van der Waals surface area contributed by atoms with E-state index in [1.807, 2.05) is 19.1 Å². The van der Waals surface area contributed by atoms with Gasteiger partial charge >= 0.3 is 0 Å². The maximum Gasteiger partial charge on any atom is 0.270 e. The highest BCUT2D eigenvalue weighted by molar-refractivity contribution is 6.04. The SMILES string of the molecule is Cc1c(C(=O)N(CCC#N)Cc2cccnc2)[nH]c2c1C(=O)CCC2. The molecule has 0 aromatic carbocycles. The highest BCUT2D eigenvalue weighted by Crippen LogP contribution is 2.27. The molecule has 0 fully saturated rings. The number of aryl methyl sites for hydroxylation is 1. The van der Waals surface area contributed by atoms with Crippen molar-refractivity contribution in [3.8, 4) is 6.07 Å². The first-order valence-corrected chi connectivity index (χ1v) is 8.41. The van der Waals surface area contributed by atoms with E-state index in [4.69, 9.17) is 5.26 Å². The van der Waals surface area contributed by atoms with Gasteiger partial charge in [0.15, 0.2) is 5.78 Å². The number of fused-ring (bicyclic) bond motifs is 1. The molecule has 0 unspecified atom stereocenters. The Balaban J connectivity index is 1.90. The molecule has 2 aromatic heterocycles. The third-order valence-corrected chi connectivity index (χ3v) is 4.53. The standard InChI is InChI=1S/C19H20N4O2/c1-13-17-15(6-2-7-16(17)24)22-18(13)19(25)23(10-4-8-20)12-14-5-3-9-21-11-14/h3,5,9,11,22H,2,4,6-7,10,12H2,1H3. The van der Waals surface area contributed by atoms with Crippen LogP contribution in [0.3, 0.4) is 0 Å². The van der Waals surface area contributed by atoms with Crippen LogP contribution in [0.4, 0.5) is 0 Å². The predicted octanol–water partition coefficient (Wildman–Crippen LogP) is 2.79. The molecule has 25 heavy (non-hydrogen) atoms. The molecular formula is C19H20N4O2. The third kappa shape index (κ3) is 3.45. The third-order valence-electron chi connectivity index (χ3n) is 4.53. The van der Waals surface area contributed by atoms with Gasteiger partial charge in [-0.1, -0.05) is 6.07 Å². The molecule has 0 spiro atoms. The maximum absolute atomic E-state index is 13.1. The number of ketones is 1. The van der Waals surface area contributed by atoms with Gasteiger partial charge in [-0.05, 0) is 37.0 Å². The highest BCUT2D eigenvalue weighted by Gasteiger charge is 2.28. The van der Waals surface area contributed by atoms with E-state index in [-0.39, 0.29) is 18.1 Å². The van der Waals surface area contributed by atoms with E-state index in [1.165, 1.54) is 0 Å². The molecule has 6 nitrogen and oxygen atoms in total. The van der Waals surface area contributed by atoms with Crippen molar-refractivity contribution in [3.63, 3.8) is 0 Å². The second kappa shape index (κ2) is 7.31. The van der Waals surface area contributed by atoms with Crippen LogP contribution >= 0.6 is 0 Å². The van der Waals surface area contributed by atoms with Crippen molar-refractivity contribution in [2.75, 3.05) is 6.54 Å². The number of nitrogens with zero attached hydrogens (tertiary/aromatic N) is 3. The molecule has 0 bridgehead atoms. The van der Waals surface area contributed by atoms with Gasteiger partial charge in [-0.15, -0.1) is 0 Å². The predicted molar refractivity (Wildman–Crippen MR) is 92.0 cm³/mol. The number of Topliss-reactive ketones (excluding diaryl/α,β-unsaturated/α-hetero) is 1. The van der Waals surface area contributed by atoms with Crippen molar-refractivity contribution in [3.05, 3.63) is 52.6 Å². The Morgan fingerprint density at radius 1 is 1.44 bits per heavy atom. The number of amides is 1. The average Bonchev–Trinajstić information content (AvgIpc) is 2.97. The number of pyridine rings is 1. The van der Waals surface area contributed by atoms with Crippen LogP contribution in [0.5, 0.6) is 0 Å². The molecule has 6 heteroatoms. The zero-order valence-electron chi connectivity index (χ0n) is 14.2. The summed E-state index contributed by atoms with van der Waals surface area (Å²) in [5, 5.41) is 8.90. The van der Waals surface area contributed by atoms with E-state index in [2.05, 4.69) is 16.0 Å². The number of hydrogen-bond acceptors (Lipinski definition) is 4. The molecule has 1 aliphatic rings. The number of nitrogens with one attached hydrogen (secondary N) is 1. The zero-order valence-corrected chi connectivity index (χ0v) is 14.2. The average molecular weight is 336 g/mol. The summed E-state index contributed by atoms with van der Waals surface area (Å²) in [6, 6.07) is 5.80. The van der Waals surface area contributed by atoms with Crippen molar-refractivity contribution >= 4 is 11.7 Å². The summed E-state index contributed by atoms with van der Waals surface area (Å²) < 4.78 is 0. The van der Waals surface area contributed by atoms with Gasteiger partial charge in [0.2, 0.25) is 0 Å². The summed E-state index contributed by atoms with van der Waals surface area (Å²) in [4.78, 5) is 34.1. The van der Waals surface area contributed by atoms with E-state index in [9.17, 15) is 9.59 Å². The van der Waals surface area contributed by atoms with Crippen molar-refractivity contribution in [1.82, 2.24) is 14.9 Å². The summed E-state index contributed by atoms with van der Waals surface area (Å²) in [5.74, 6) is -0.0799. The number of rotatable bonds is 5. The summed E-state index contributed by atoms with van der Waals surface area (Å²) in [6.45, 7) is 2.53. The molecule has 0 aliphatic heterocycles. The normalized spacial score (nSPS) is 13.2. The number of aromatic nitrogens is 2. The molecule has 1 amide bonds. The Kier molecular flexibility index (Phi) is 4.94. The second-order valence-electron chi connectivity index (χ2n) is 6.25. The van der Waals surface area contributed by atoms with E-state index < -0.39 is 0 Å². The smallest absolute Gasteiger partial charge is 0.270 e. The number of carbonyl (C=O) groups is 2. The molecule has 3 rings (SSSR count). The Hall–Kier alpha value is -2.94. The van der Waals surface area contributed by atoms with Crippen LogP contribution in [0.15, 0.2) is 24.5 Å². The lowest BCUT2D eigenvalue weighted by molar-refractivity contribution is 0.0740. The fourth-order valence-corrected chi connectivity index (χ4v) is 3.30. The van der Waals surface area contributed by atoms with Crippen molar-refractivity contribution < 1.29 is 9.59 Å². The topological polar surface area (TPSA) is 89.8 Å². The first kappa shape index (κ1) is 16.9. The molecule has 0 atom stereocenters. The molecule has 0 saturated carbocycles. The largest absolute Gasteiger partial charge is 0.354 e. The Morgan fingerprint density at radius 3 is 2.96 bits per heavy atom. The minimum absolute atomic E-state index is 0.102. The van der Waals surface area contributed by atoms with Gasteiger partial charge in [-0.25, -0.2) is 0 Å². The fourth-order valence-electron chi connectivity index (χ4n) is 3.30. The Labute approximate surface area is 146 Å². The summed E-state index contributed by atoms with van der Waals surface area (Å²) >= 11 is 0. The van der Waals surface area contributed by atoms with Crippen LogP contribution in [0.25, 0.3) is 0 Å². The minimum atomic E-state index is -0.182. The number of H-pyrrole nitrogens is 1. The van der Waals surface area contributed by atoms with Gasteiger partial charge in [0, 0.05) is 43.2 Å². The maximum atomic E-state index is 13.1. The molecule has 2 aromatic rings. The van der Waals surface area contributed by atoms with Crippen LogP contribution in [0, 0.1) is 18.3 Å². The van der Waals surface area contributed by atoms with Gasteiger partial charge in [0.1, 0.15) is 5.69 Å². The summed E-state index contributed by atoms with van der Waals surface area (Å²) in [6.07, 6.45) is 5.78. The lowest BCUT2D eigenvalue weighted by Crippen LogP contribution is -2.32. The van der Waals surface area contributed by atoms with Crippen LogP contribution in [0.2, 0.25) is 0 Å². The fraction of sp³-hybridized carbons (Fsp3) is 0.368. The molecule has 1 aliphatic carbocycles. The second-order valence-corrected chi connectivity index (χ2v) is 6.25. The van der Waals surface area contributed by atoms with E-state index in [0.29, 0.717) is 30.8 Å². The molecule has 128 valence electrons. The molecule has 0 radical (unpaired) electrons. The minimum Gasteiger partial charge on any atom is -0.354 e. The van der Waals surface area contributed by atoms with Gasteiger partial charge < -0.3 is 9.88 Å². The monoisotopic (exact) mass is 336 g/mol. The van der Waals surface area contributed by atoms with Crippen LogP contribution in [-0.2, 0) is 13.0 Å². The highest BCUT2D eigenvalue weighted by atomic mass is 16.2. The first-order chi connectivity index (χ1) is 12.1. The van der Waals surface area contributed by atoms with Gasteiger partial charge in [0.05, 0.1) is 12.5 Å². The molecular weight excluding hydrogens is 316 g/mol. The van der Waals surface area contributed by atoms with E-state index >= 15 is 0 Å². The van der Waals surface area contributed by atoms with Crippen molar-refractivity contribution in [1.29, 1.82) is 5.26 Å². The lowest BCUT2D eigenvalue weighted by atomic mass is 9.93. The number of hydrogen-bond donors (Lipinski definition) is 1. The van der Waals surface area contributed by atoms with Crippen LogP contribution in [0.1, 0.15) is 56.9 Å². The van der Waals surface area contributed by atoms with Gasteiger partial charge in [-0.3, -0.25) is 14.6 Å². The lowest BCUT2D eigenvalue weighted by Gasteiger charge is -2.21. The molecule has 2 heterocycles. The number of aromatic amines is 1.